The number of aliphatic carboxylic acids is 2. The van der Waals surface area contributed by atoms with Crippen molar-refractivity contribution in [2.75, 3.05) is 19.6 Å². The smallest absolute Gasteiger partial charge is 0.306 e. The Morgan fingerprint density at radius 2 is 1.07 bits per heavy atom. The summed E-state index contributed by atoms with van der Waals surface area (Å²) in [5, 5.41) is 49.9. The first kappa shape index (κ1) is 35.8. The van der Waals surface area contributed by atoms with Gasteiger partial charge in [-0.3, -0.25) is 9.59 Å². The Hall–Kier alpha value is -3.22. The van der Waals surface area contributed by atoms with Crippen LogP contribution in [0.3, 0.4) is 0 Å². The maximum Gasteiger partial charge on any atom is 0.306 e. The lowest BCUT2D eigenvalue weighted by molar-refractivity contribution is -0.140. The topological polar surface area (TPSA) is 172 Å². The van der Waals surface area contributed by atoms with Crippen LogP contribution in [0.5, 0.6) is 0 Å². The molecule has 0 aromatic heterocycles. The third-order valence-corrected chi connectivity index (χ3v) is 2.05. The van der Waals surface area contributed by atoms with Crippen LogP contribution in [0, 0.1) is 31.0 Å². The first-order valence-electron chi connectivity index (χ1n) is 6.98. The highest BCUT2D eigenvalue weighted by atomic mass is 16.4. The van der Waals surface area contributed by atoms with Gasteiger partial charge in [0.15, 0.2) is 0 Å². The van der Waals surface area contributed by atoms with E-state index in [1.54, 1.807) is 6.07 Å². The van der Waals surface area contributed by atoms with Gasteiger partial charge in [-0.2, -0.15) is 5.26 Å². The summed E-state index contributed by atoms with van der Waals surface area (Å²) in [6.07, 6.45) is -3.41. The van der Waals surface area contributed by atoms with Gasteiger partial charge in [0.2, 0.25) is 19.6 Å². The van der Waals surface area contributed by atoms with Crippen molar-refractivity contribution in [2.45, 2.75) is 52.4 Å². The summed E-state index contributed by atoms with van der Waals surface area (Å²) >= 11 is 0. The predicted octanol–water partition coefficient (Wildman–Crippen LogP) is 0.935. The molecular weight excluding hydrogens is 374 g/mol. The lowest BCUT2D eigenvalue weighted by atomic mass is 10.3. The maximum atomic E-state index is 9.82. The molecule has 0 rings (SSSR count). The first-order chi connectivity index (χ1) is 12.1. The van der Waals surface area contributed by atoms with E-state index in [4.69, 9.17) is 50.5 Å². The molecule has 11 heteroatoms. The van der Waals surface area contributed by atoms with Crippen molar-refractivity contribution in [3.05, 3.63) is 34.3 Å². The Labute approximate surface area is 165 Å². The van der Waals surface area contributed by atoms with E-state index in [9.17, 15) is 9.59 Å². The van der Waals surface area contributed by atoms with Gasteiger partial charge in [-0.1, -0.05) is 14.9 Å². The van der Waals surface area contributed by atoms with Crippen molar-refractivity contribution in [1.29, 1.82) is 5.26 Å². The SMILES string of the molecule is C.C.[C-]#[15N+]C[C@@H](O)CC#N.[C-]#[15N+]C[C@@H](O)CC(=O)O.[C-]#[N+]C[C@H](O)CC(=O)O. The number of aliphatic hydroxyl groups is 3. The number of nitriles is 1. The summed E-state index contributed by atoms with van der Waals surface area (Å²) < 4.78 is 0. The maximum absolute atomic E-state index is 9.82. The van der Waals surface area contributed by atoms with Gasteiger partial charge in [-0.25, -0.2) is 19.7 Å². The molecule has 0 aliphatic heterocycles. The summed E-state index contributed by atoms with van der Waals surface area (Å²) in [7, 11) is 0. The molecule has 0 heterocycles. The molecule has 0 fully saturated rings. The van der Waals surface area contributed by atoms with E-state index in [1.165, 1.54) is 0 Å². The van der Waals surface area contributed by atoms with E-state index in [0.29, 0.717) is 0 Å². The highest BCUT2D eigenvalue weighted by Crippen LogP contribution is 1.91. The number of carboxylic acid groups (broad SMARTS) is 2. The van der Waals surface area contributed by atoms with Gasteiger partial charge in [0.25, 0.3) is 0 Å². The number of hydrogen-bond acceptors (Lipinski definition) is 6. The van der Waals surface area contributed by atoms with Crippen LogP contribution in [0.25, 0.3) is 14.5 Å². The normalized spacial score (nSPS) is 11.0. The van der Waals surface area contributed by atoms with E-state index in [-0.39, 0.29) is 53.8 Å². The minimum absolute atomic E-state index is 0. The van der Waals surface area contributed by atoms with E-state index < -0.39 is 30.3 Å². The van der Waals surface area contributed by atoms with Crippen molar-refractivity contribution in [3.63, 3.8) is 0 Å². The zero-order valence-corrected chi connectivity index (χ0v) is 13.8. The summed E-state index contributed by atoms with van der Waals surface area (Å²) in [6.45, 7) is 18.5. The highest BCUT2D eigenvalue weighted by Gasteiger charge is 2.11. The first-order valence-corrected chi connectivity index (χ1v) is 6.98. The fourth-order valence-corrected chi connectivity index (χ4v) is 1.02. The minimum Gasteiger partial charge on any atom is -0.481 e. The van der Waals surface area contributed by atoms with Gasteiger partial charge in [0.05, 0.1) is 25.3 Å². The van der Waals surface area contributed by atoms with E-state index >= 15 is 0 Å². The average Bonchev–Trinajstić information content (AvgIpc) is 2.48. The largest absolute Gasteiger partial charge is 0.481 e. The summed E-state index contributed by atoms with van der Waals surface area (Å²) in [5.41, 5.74) is 0. The summed E-state index contributed by atoms with van der Waals surface area (Å²) in [6, 6.07) is 1.76. The molecule has 0 unspecified atom stereocenters. The second kappa shape index (κ2) is 26.0. The standard InChI is InChI=1S/C5H6N2O.2C5H7NO3.2CH4/c1-7-4-5(8)2-3-6;2*1-6-3-4(7)2-5(8)9;;/h5,8H,2,4H2;2*4,7H,2-3H2,(H,8,9);2*1H4/t5-;2*4-;;/m010../s1/i7+1;;6+1;;. The van der Waals surface area contributed by atoms with Gasteiger partial charge < -0.3 is 40.1 Å². The fraction of sp³-hybridized carbons (Fsp3) is 0.647. The molecule has 11 nitrogen and oxygen atoms in total. The molecule has 0 bridgehead atoms. The Morgan fingerprint density at radius 1 is 0.786 bits per heavy atom. The third-order valence-electron chi connectivity index (χ3n) is 2.05. The number of rotatable bonds is 8. The molecule has 0 radical (unpaired) electrons. The van der Waals surface area contributed by atoms with E-state index in [0.717, 1.165) is 0 Å². The van der Waals surface area contributed by atoms with Crippen LogP contribution in [0.15, 0.2) is 0 Å². The van der Waals surface area contributed by atoms with Gasteiger partial charge in [0.1, 0.15) is 18.3 Å². The van der Waals surface area contributed by atoms with Crippen molar-refractivity contribution in [1.82, 2.24) is 0 Å². The Kier molecular flexibility index (Phi) is 33.3. The van der Waals surface area contributed by atoms with Crippen LogP contribution in [-0.4, -0.2) is 75.4 Å². The van der Waals surface area contributed by atoms with Crippen molar-refractivity contribution < 1.29 is 35.1 Å². The number of carboxylic acids is 2. The van der Waals surface area contributed by atoms with Crippen molar-refractivity contribution in [3.8, 4) is 6.07 Å². The van der Waals surface area contributed by atoms with Gasteiger partial charge >= 0.3 is 11.9 Å². The quantitative estimate of drug-likeness (QED) is 0.295. The molecule has 0 spiro atoms. The fourth-order valence-electron chi connectivity index (χ4n) is 1.02. The number of carbonyl (C=O) groups is 2. The molecule has 0 aromatic rings. The summed E-state index contributed by atoms with van der Waals surface area (Å²) in [4.78, 5) is 28.2. The molecule has 0 aromatic carbocycles. The molecule has 0 amide bonds. The van der Waals surface area contributed by atoms with E-state index in [1.807, 2.05) is 0 Å². The second-order valence-corrected chi connectivity index (χ2v) is 4.54. The monoisotopic (exact) mass is 402 g/mol. The molecular formula is C17H28N4O7. The third kappa shape index (κ3) is 38.4. The molecule has 0 aliphatic rings. The molecule has 3 atom stereocenters. The molecule has 0 aliphatic carbocycles. The number of nitrogens with zero attached hydrogens (tertiary/aromatic N) is 4. The van der Waals surface area contributed by atoms with Crippen LogP contribution >= 0.6 is 0 Å². The van der Waals surface area contributed by atoms with Gasteiger partial charge in [-0.15, -0.1) is 0 Å². The molecule has 0 saturated carbocycles. The average molecular weight is 402 g/mol. The Morgan fingerprint density at radius 3 is 1.29 bits per heavy atom. The molecule has 0 saturated heterocycles. The van der Waals surface area contributed by atoms with Gasteiger partial charge in [-0.05, 0) is 0 Å². The van der Waals surface area contributed by atoms with Crippen LogP contribution < -0.4 is 0 Å². The zero-order chi connectivity index (χ0) is 21.0. The van der Waals surface area contributed by atoms with Gasteiger partial charge in [0, 0.05) is 0 Å². The van der Waals surface area contributed by atoms with E-state index in [2.05, 4.69) is 14.5 Å². The highest BCUT2D eigenvalue weighted by molar-refractivity contribution is 5.67. The van der Waals surface area contributed by atoms with Crippen LogP contribution in [0.2, 0.25) is 0 Å². The Bertz CT molecular complexity index is 520. The lowest BCUT2D eigenvalue weighted by Crippen LogP contribution is -2.14. The number of aliphatic hydroxyl groups excluding tert-OH is 3. The lowest BCUT2D eigenvalue weighted by Gasteiger charge is -1.96. The second-order valence-electron chi connectivity index (χ2n) is 4.54. The van der Waals surface area contributed by atoms with Crippen LogP contribution in [-0.2, 0) is 9.59 Å². The van der Waals surface area contributed by atoms with Crippen molar-refractivity contribution >= 4 is 11.9 Å². The van der Waals surface area contributed by atoms with Crippen LogP contribution in [0.4, 0.5) is 0 Å². The molecule has 158 valence electrons. The van der Waals surface area contributed by atoms with Crippen LogP contribution in [0.1, 0.15) is 34.1 Å². The molecule has 28 heavy (non-hydrogen) atoms. The predicted molar refractivity (Wildman–Crippen MR) is 101 cm³/mol. The minimum atomic E-state index is -1.08. The zero-order valence-electron chi connectivity index (χ0n) is 13.8. The number of hydrogen-bond donors (Lipinski definition) is 5. The Balaban J connectivity index is -0.0000000914. The molecule has 5 N–H and O–H groups in total. The summed E-state index contributed by atoms with van der Waals surface area (Å²) in [5.74, 6) is -2.16. The van der Waals surface area contributed by atoms with Crippen molar-refractivity contribution in [2.24, 2.45) is 0 Å².